The third-order valence-corrected chi connectivity index (χ3v) is 2.34. The molecule has 0 spiro atoms. The van der Waals surface area contributed by atoms with Crippen molar-refractivity contribution in [3.8, 4) is 11.5 Å². The van der Waals surface area contributed by atoms with E-state index in [0.29, 0.717) is 19.8 Å². The minimum absolute atomic E-state index is 0.144. The summed E-state index contributed by atoms with van der Waals surface area (Å²) >= 11 is 0. The summed E-state index contributed by atoms with van der Waals surface area (Å²) in [6.07, 6.45) is 0. The van der Waals surface area contributed by atoms with Gasteiger partial charge in [0.15, 0.2) is 11.5 Å². The highest BCUT2D eigenvalue weighted by molar-refractivity contribution is 5.43. The van der Waals surface area contributed by atoms with Crippen LogP contribution in [0.1, 0.15) is 25.5 Å². The lowest BCUT2D eigenvalue weighted by molar-refractivity contribution is 0.180. The van der Waals surface area contributed by atoms with Gasteiger partial charge in [-0.15, -0.1) is 0 Å². The molecule has 0 saturated carbocycles. The minimum Gasteiger partial charge on any atom is -0.490 e. The molecule has 0 saturated heterocycles. The van der Waals surface area contributed by atoms with Crippen molar-refractivity contribution in [1.82, 2.24) is 0 Å². The first-order chi connectivity index (χ1) is 8.22. The van der Waals surface area contributed by atoms with Crippen LogP contribution in [0.25, 0.3) is 0 Å². The van der Waals surface area contributed by atoms with Gasteiger partial charge >= 0.3 is 0 Å². The quantitative estimate of drug-likeness (QED) is 0.792. The summed E-state index contributed by atoms with van der Waals surface area (Å²) in [6, 6.07) is 5.60. The molecule has 1 aromatic carbocycles. The standard InChI is InChI=1S/C13H21NO3/c1-4-16-12-7-6-10(11(14)9-15-3)8-13(12)17-5-2/h6-8,11H,4-5,9,14H2,1-3H3. The first kappa shape index (κ1) is 13.8. The molecule has 4 heteroatoms. The molecule has 0 aliphatic rings. The van der Waals surface area contributed by atoms with Crippen LogP contribution < -0.4 is 15.2 Å². The molecule has 96 valence electrons. The summed E-state index contributed by atoms with van der Waals surface area (Å²) in [5.41, 5.74) is 6.96. The number of methoxy groups -OCH3 is 1. The molecule has 0 heterocycles. The third-order valence-electron chi connectivity index (χ3n) is 2.34. The fourth-order valence-electron chi connectivity index (χ4n) is 1.57. The first-order valence-electron chi connectivity index (χ1n) is 5.87. The van der Waals surface area contributed by atoms with Crippen LogP contribution in [-0.2, 0) is 4.74 Å². The third kappa shape index (κ3) is 3.91. The number of rotatable bonds is 7. The molecule has 0 aromatic heterocycles. The molecule has 4 nitrogen and oxygen atoms in total. The Kier molecular flexibility index (Phi) is 5.80. The maximum Gasteiger partial charge on any atom is 0.161 e. The number of hydrogen-bond acceptors (Lipinski definition) is 4. The molecule has 1 aromatic rings. The maximum atomic E-state index is 5.97. The van der Waals surface area contributed by atoms with E-state index in [1.807, 2.05) is 32.0 Å². The number of ether oxygens (including phenoxy) is 3. The molecule has 0 aliphatic carbocycles. The van der Waals surface area contributed by atoms with Gasteiger partial charge in [-0.25, -0.2) is 0 Å². The van der Waals surface area contributed by atoms with E-state index >= 15 is 0 Å². The zero-order valence-corrected chi connectivity index (χ0v) is 10.7. The summed E-state index contributed by atoms with van der Waals surface area (Å²) in [4.78, 5) is 0. The molecular weight excluding hydrogens is 218 g/mol. The van der Waals surface area contributed by atoms with Crippen LogP contribution in [0.5, 0.6) is 11.5 Å². The van der Waals surface area contributed by atoms with Crippen molar-refractivity contribution in [2.45, 2.75) is 19.9 Å². The Balaban J connectivity index is 2.91. The second-order valence-electron chi connectivity index (χ2n) is 3.63. The van der Waals surface area contributed by atoms with E-state index in [9.17, 15) is 0 Å². The second-order valence-corrected chi connectivity index (χ2v) is 3.63. The number of benzene rings is 1. The van der Waals surface area contributed by atoms with Crippen molar-refractivity contribution in [1.29, 1.82) is 0 Å². The molecule has 17 heavy (non-hydrogen) atoms. The van der Waals surface area contributed by atoms with E-state index in [1.165, 1.54) is 0 Å². The average molecular weight is 239 g/mol. The van der Waals surface area contributed by atoms with Gasteiger partial charge in [-0.1, -0.05) is 6.07 Å². The van der Waals surface area contributed by atoms with E-state index in [-0.39, 0.29) is 6.04 Å². The van der Waals surface area contributed by atoms with Crippen molar-refractivity contribution < 1.29 is 14.2 Å². The Morgan fingerprint density at radius 1 is 1.12 bits per heavy atom. The lowest BCUT2D eigenvalue weighted by Crippen LogP contribution is -2.16. The van der Waals surface area contributed by atoms with Crippen LogP contribution in [0.4, 0.5) is 0 Å². The van der Waals surface area contributed by atoms with E-state index in [4.69, 9.17) is 19.9 Å². The molecule has 2 N–H and O–H groups in total. The summed E-state index contributed by atoms with van der Waals surface area (Å²) in [7, 11) is 1.64. The Labute approximate surface area is 103 Å². The molecular formula is C13H21NO3. The van der Waals surface area contributed by atoms with Gasteiger partial charge in [-0.3, -0.25) is 0 Å². The highest BCUT2D eigenvalue weighted by Gasteiger charge is 2.10. The van der Waals surface area contributed by atoms with Gasteiger partial charge in [-0.2, -0.15) is 0 Å². The predicted octanol–water partition coefficient (Wildman–Crippen LogP) is 2.13. The normalized spacial score (nSPS) is 12.2. The largest absolute Gasteiger partial charge is 0.490 e. The predicted molar refractivity (Wildman–Crippen MR) is 67.6 cm³/mol. The van der Waals surface area contributed by atoms with E-state index in [2.05, 4.69) is 0 Å². The Hall–Kier alpha value is -1.26. The van der Waals surface area contributed by atoms with Gasteiger partial charge in [0, 0.05) is 7.11 Å². The fraction of sp³-hybridized carbons (Fsp3) is 0.538. The number of nitrogens with two attached hydrogens (primary N) is 1. The zero-order valence-electron chi connectivity index (χ0n) is 10.7. The van der Waals surface area contributed by atoms with Crippen LogP contribution in [0.15, 0.2) is 18.2 Å². The Morgan fingerprint density at radius 3 is 2.35 bits per heavy atom. The topological polar surface area (TPSA) is 53.7 Å². The molecule has 0 amide bonds. The molecule has 1 unspecified atom stereocenters. The van der Waals surface area contributed by atoms with Gasteiger partial charge in [0.05, 0.1) is 25.9 Å². The van der Waals surface area contributed by atoms with E-state index in [1.54, 1.807) is 7.11 Å². The summed E-state index contributed by atoms with van der Waals surface area (Å²) < 4.78 is 16.1. The summed E-state index contributed by atoms with van der Waals surface area (Å²) in [5, 5.41) is 0. The fourth-order valence-corrected chi connectivity index (χ4v) is 1.57. The molecule has 0 fully saturated rings. The highest BCUT2D eigenvalue weighted by atomic mass is 16.5. The van der Waals surface area contributed by atoms with Gasteiger partial charge in [0.25, 0.3) is 0 Å². The van der Waals surface area contributed by atoms with E-state index in [0.717, 1.165) is 17.1 Å². The van der Waals surface area contributed by atoms with Gasteiger partial charge in [0.2, 0.25) is 0 Å². The summed E-state index contributed by atoms with van der Waals surface area (Å²) in [5.74, 6) is 1.49. The zero-order chi connectivity index (χ0) is 12.7. The van der Waals surface area contributed by atoms with Crippen LogP contribution in [0, 0.1) is 0 Å². The van der Waals surface area contributed by atoms with Crippen molar-refractivity contribution >= 4 is 0 Å². The smallest absolute Gasteiger partial charge is 0.161 e. The molecule has 0 aliphatic heterocycles. The SMILES string of the molecule is CCOc1ccc(C(N)COC)cc1OCC. The van der Waals surface area contributed by atoms with Crippen LogP contribution in [0.3, 0.4) is 0 Å². The van der Waals surface area contributed by atoms with Gasteiger partial charge < -0.3 is 19.9 Å². The van der Waals surface area contributed by atoms with Crippen molar-refractivity contribution in [2.24, 2.45) is 5.73 Å². The molecule has 1 atom stereocenters. The first-order valence-corrected chi connectivity index (χ1v) is 5.87. The minimum atomic E-state index is -0.144. The van der Waals surface area contributed by atoms with Crippen molar-refractivity contribution in [2.75, 3.05) is 26.9 Å². The number of hydrogen-bond donors (Lipinski definition) is 1. The lowest BCUT2D eigenvalue weighted by Gasteiger charge is -2.15. The monoisotopic (exact) mass is 239 g/mol. The second kappa shape index (κ2) is 7.14. The van der Waals surface area contributed by atoms with Gasteiger partial charge in [-0.05, 0) is 31.5 Å². The maximum absolute atomic E-state index is 5.97. The van der Waals surface area contributed by atoms with E-state index < -0.39 is 0 Å². The summed E-state index contributed by atoms with van der Waals surface area (Å²) in [6.45, 7) is 5.59. The highest BCUT2D eigenvalue weighted by Crippen LogP contribution is 2.30. The molecule has 1 rings (SSSR count). The van der Waals surface area contributed by atoms with Crippen LogP contribution >= 0.6 is 0 Å². The Bertz CT molecular complexity index is 341. The molecule has 0 radical (unpaired) electrons. The van der Waals surface area contributed by atoms with Crippen LogP contribution in [0.2, 0.25) is 0 Å². The van der Waals surface area contributed by atoms with Gasteiger partial charge in [0.1, 0.15) is 0 Å². The van der Waals surface area contributed by atoms with Crippen molar-refractivity contribution in [3.63, 3.8) is 0 Å². The lowest BCUT2D eigenvalue weighted by atomic mass is 10.1. The Morgan fingerprint density at radius 2 is 1.76 bits per heavy atom. The molecule has 0 bridgehead atoms. The van der Waals surface area contributed by atoms with Crippen molar-refractivity contribution in [3.05, 3.63) is 23.8 Å². The van der Waals surface area contributed by atoms with Crippen LogP contribution in [-0.4, -0.2) is 26.9 Å². The average Bonchev–Trinajstić information content (AvgIpc) is 2.32.